The highest BCUT2D eigenvalue weighted by atomic mass is 19.4. The summed E-state index contributed by atoms with van der Waals surface area (Å²) < 4.78 is 39.3. The molecule has 0 aromatic carbocycles. The number of carbonyl (C=O) groups is 1. The predicted molar refractivity (Wildman–Crippen MR) is 60.5 cm³/mol. The van der Waals surface area contributed by atoms with Crippen molar-refractivity contribution < 1.29 is 23.1 Å². The van der Waals surface area contributed by atoms with Crippen molar-refractivity contribution in [3.8, 4) is 5.75 Å². The van der Waals surface area contributed by atoms with Gasteiger partial charge in [-0.05, 0) is 25.1 Å². The number of carbonyl (C=O) groups excluding carboxylic acids is 1. The molecule has 0 radical (unpaired) electrons. The molecule has 1 aliphatic heterocycles. The van der Waals surface area contributed by atoms with Gasteiger partial charge in [-0.1, -0.05) is 0 Å². The minimum Gasteiger partial charge on any atom is -0.504 e. The lowest BCUT2D eigenvalue weighted by Gasteiger charge is -2.29. The summed E-state index contributed by atoms with van der Waals surface area (Å²) >= 11 is 0. The van der Waals surface area contributed by atoms with Crippen LogP contribution in [0, 0.1) is 5.41 Å². The molecule has 1 saturated heterocycles. The van der Waals surface area contributed by atoms with Crippen molar-refractivity contribution in [2.45, 2.75) is 12.6 Å². The van der Waals surface area contributed by atoms with E-state index in [2.05, 4.69) is 10.3 Å². The second-order valence-corrected chi connectivity index (χ2v) is 4.33. The Morgan fingerprint density at radius 1 is 1.53 bits per heavy atom. The van der Waals surface area contributed by atoms with Gasteiger partial charge in [0.15, 0.2) is 17.0 Å². The molecule has 0 spiro atoms. The lowest BCUT2D eigenvalue weighted by molar-refractivity contribution is -0.213. The van der Waals surface area contributed by atoms with E-state index in [0.29, 0.717) is 0 Å². The molecule has 0 saturated carbocycles. The van der Waals surface area contributed by atoms with Crippen molar-refractivity contribution in [3.05, 3.63) is 18.3 Å². The zero-order chi connectivity index (χ0) is 14.1. The van der Waals surface area contributed by atoms with Crippen molar-refractivity contribution >= 4 is 11.7 Å². The number of amides is 1. The molecule has 1 unspecified atom stereocenters. The molecule has 1 aromatic heterocycles. The SMILES string of the molecule is O=C(Nc1ncccc1O)C1(C(F)(F)F)CCNC1. The summed E-state index contributed by atoms with van der Waals surface area (Å²) in [6.07, 6.45) is -3.73. The van der Waals surface area contributed by atoms with Gasteiger partial charge in [-0.2, -0.15) is 13.2 Å². The Bertz CT molecular complexity index is 484. The normalized spacial score (nSPS) is 23.3. The first kappa shape index (κ1) is 13.6. The van der Waals surface area contributed by atoms with Crippen LogP contribution in [0.4, 0.5) is 19.0 Å². The third-order valence-corrected chi connectivity index (χ3v) is 3.15. The minimum atomic E-state index is -4.66. The average Bonchev–Trinajstić information content (AvgIpc) is 2.82. The molecule has 19 heavy (non-hydrogen) atoms. The van der Waals surface area contributed by atoms with Gasteiger partial charge in [0.2, 0.25) is 5.91 Å². The summed E-state index contributed by atoms with van der Waals surface area (Å²) in [7, 11) is 0. The first-order chi connectivity index (χ1) is 8.87. The maximum atomic E-state index is 13.1. The van der Waals surface area contributed by atoms with Crippen molar-refractivity contribution in [2.75, 3.05) is 18.4 Å². The monoisotopic (exact) mass is 275 g/mol. The number of hydrogen-bond acceptors (Lipinski definition) is 4. The van der Waals surface area contributed by atoms with E-state index in [4.69, 9.17) is 0 Å². The van der Waals surface area contributed by atoms with Crippen LogP contribution >= 0.6 is 0 Å². The molecule has 2 heterocycles. The van der Waals surface area contributed by atoms with Gasteiger partial charge in [0.25, 0.3) is 0 Å². The van der Waals surface area contributed by atoms with Crippen LogP contribution in [0.1, 0.15) is 6.42 Å². The van der Waals surface area contributed by atoms with Crippen LogP contribution in [-0.2, 0) is 4.79 Å². The van der Waals surface area contributed by atoms with Crippen LogP contribution in [-0.4, -0.2) is 35.3 Å². The van der Waals surface area contributed by atoms with Gasteiger partial charge < -0.3 is 15.7 Å². The molecular formula is C11H12F3N3O2. The number of pyridine rings is 1. The van der Waals surface area contributed by atoms with E-state index >= 15 is 0 Å². The lowest BCUT2D eigenvalue weighted by atomic mass is 9.85. The molecule has 0 bridgehead atoms. The molecule has 1 fully saturated rings. The fraction of sp³-hybridized carbons (Fsp3) is 0.455. The fourth-order valence-electron chi connectivity index (χ4n) is 1.98. The Morgan fingerprint density at radius 3 is 2.79 bits per heavy atom. The van der Waals surface area contributed by atoms with Crippen molar-refractivity contribution in [1.82, 2.24) is 10.3 Å². The number of nitrogens with one attached hydrogen (secondary N) is 2. The number of anilines is 1. The van der Waals surface area contributed by atoms with Gasteiger partial charge in [0.1, 0.15) is 0 Å². The van der Waals surface area contributed by atoms with Gasteiger partial charge in [-0.25, -0.2) is 4.98 Å². The number of alkyl halides is 3. The Morgan fingerprint density at radius 2 is 2.26 bits per heavy atom. The second-order valence-electron chi connectivity index (χ2n) is 4.33. The summed E-state index contributed by atoms with van der Waals surface area (Å²) in [5.74, 6) is -1.86. The molecule has 3 N–H and O–H groups in total. The molecular weight excluding hydrogens is 263 g/mol. The summed E-state index contributed by atoms with van der Waals surface area (Å²) in [6.45, 7) is -0.364. The Kier molecular flexibility index (Phi) is 3.36. The van der Waals surface area contributed by atoms with Crippen LogP contribution in [0.25, 0.3) is 0 Å². The molecule has 1 aromatic rings. The standard InChI is InChI=1S/C11H12F3N3O2/c12-11(13,14)10(3-5-15-6-10)9(19)17-8-7(18)2-1-4-16-8/h1-2,4,15,18H,3,5-6H2,(H,16,17,19). The van der Waals surface area contributed by atoms with Crippen molar-refractivity contribution in [3.63, 3.8) is 0 Å². The van der Waals surface area contributed by atoms with Crippen LogP contribution in [0.15, 0.2) is 18.3 Å². The number of hydrogen-bond donors (Lipinski definition) is 3. The van der Waals surface area contributed by atoms with E-state index in [-0.39, 0.29) is 24.5 Å². The molecule has 104 valence electrons. The summed E-state index contributed by atoms with van der Waals surface area (Å²) in [5, 5.41) is 14.0. The summed E-state index contributed by atoms with van der Waals surface area (Å²) in [5.41, 5.74) is -2.48. The van der Waals surface area contributed by atoms with E-state index < -0.39 is 24.0 Å². The van der Waals surface area contributed by atoms with Crippen molar-refractivity contribution in [2.24, 2.45) is 5.41 Å². The highest BCUT2D eigenvalue weighted by Gasteiger charge is 2.61. The van der Waals surface area contributed by atoms with Gasteiger partial charge in [0.05, 0.1) is 0 Å². The largest absolute Gasteiger partial charge is 0.504 e. The molecule has 1 amide bonds. The van der Waals surface area contributed by atoms with E-state index in [1.807, 2.05) is 5.32 Å². The number of halogens is 3. The van der Waals surface area contributed by atoms with Gasteiger partial charge in [-0.3, -0.25) is 4.79 Å². The molecule has 8 heteroatoms. The fourth-order valence-corrected chi connectivity index (χ4v) is 1.98. The maximum Gasteiger partial charge on any atom is 0.404 e. The Labute approximate surface area is 106 Å². The summed E-state index contributed by atoms with van der Waals surface area (Å²) in [4.78, 5) is 15.5. The third kappa shape index (κ3) is 2.35. The van der Waals surface area contributed by atoms with Crippen LogP contribution < -0.4 is 10.6 Å². The molecule has 2 rings (SSSR count). The number of aromatic nitrogens is 1. The van der Waals surface area contributed by atoms with E-state index in [1.165, 1.54) is 18.3 Å². The molecule has 5 nitrogen and oxygen atoms in total. The third-order valence-electron chi connectivity index (χ3n) is 3.15. The molecule has 1 atom stereocenters. The number of rotatable bonds is 2. The topological polar surface area (TPSA) is 74.2 Å². The van der Waals surface area contributed by atoms with E-state index in [1.54, 1.807) is 0 Å². The van der Waals surface area contributed by atoms with E-state index in [9.17, 15) is 23.1 Å². The first-order valence-corrected chi connectivity index (χ1v) is 5.60. The van der Waals surface area contributed by atoms with Crippen LogP contribution in [0.3, 0.4) is 0 Å². The second kappa shape index (κ2) is 4.69. The quantitative estimate of drug-likeness (QED) is 0.760. The van der Waals surface area contributed by atoms with Crippen LogP contribution in [0.2, 0.25) is 0 Å². The predicted octanol–water partition coefficient (Wildman–Crippen LogP) is 1.27. The molecule has 0 aliphatic carbocycles. The number of nitrogens with zero attached hydrogens (tertiary/aromatic N) is 1. The van der Waals surface area contributed by atoms with Gasteiger partial charge >= 0.3 is 6.18 Å². The minimum absolute atomic E-state index is 0.112. The van der Waals surface area contributed by atoms with Crippen LogP contribution in [0.5, 0.6) is 5.75 Å². The Hall–Kier alpha value is -1.83. The lowest BCUT2D eigenvalue weighted by Crippen LogP contribution is -2.49. The molecule has 1 aliphatic rings. The van der Waals surface area contributed by atoms with Gasteiger partial charge in [-0.15, -0.1) is 0 Å². The zero-order valence-corrected chi connectivity index (χ0v) is 9.79. The van der Waals surface area contributed by atoms with Gasteiger partial charge in [0, 0.05) is 12.7 Å². The highest BCUT2D eigenvalue weighted by Crippen LogP contribution is 2.44. The smallest absolute Gasteiger partial charge is 0.404 e. The zero-order valence-electron chi connectivity index (χ0n) is 9.79. The summed E-state index contributed by atoms with van der Waals surface area (Å²) in [6, 6.07) is 2.64. The van der Waals surface area contributed by atoms with E-state index in [0.717, 1.165) is 0 Å². The highest BCUT2D eigenvalue weighted by molar-refractivity contribution is 5.96. The first-order valence-electron chi connectivity index (χ1n) is 5.60. The Balaban J connectivity index is 2.25. The average molecular weight is 275 g/mol. The number of aromatic hydroxyl groups is 1. The van der Waals surface area contributed by atoms with Crippen molar-refractivity contribution in [1.29, 1.82) is 0 Å². The maximum absolute atomic E-state index is 13.1.